The molecule has 0 atom stereocenters. The minimum atomic E-state index is -3.37. The zero-order valence-corrected chi connectivity index (χ0v) is 8.10. The number of hydrogen-bond acceptors (Lipinski definition) is 4. The maximum Gasteiger partial charge on any atom is 0.225 e. The lowest BCUT2D eigenvalue weighted by Crippen LogP contribution is -2.43. The summed E-state index contributed by atoms with van der Waals surface area (Å²) in [5.74, 6) is -0.447. The molecule has 74 valence electrons. The molecule has 13 heavy (non-hydrogen) atoms. The van der Waals surface area contributed by atoms with E-state index in [1.807, 2.05) is 0 Å². The largest absolute Gasteiger partial charge is 0.317 e. The van der Waals surface area contributed by atoms with E-state index in [1.165, 1.54) is 0 Å². The third kappa shape index (κ3) is 3.72. The summed E-state index contributed by atoms with van der Waals surface area (Å²) in [5.41, 5.74) is 0. The molecule has 0 aliphatic carbocycles. The van der Waals surface area contributed by atoms with Crippen molar-refractivity contribution >= 4 is 10.0 Å². The molecule has 0 aromatic heterocycles. The monoisotopic (exact) mass is 203 g/mol. The van der Waals surface area contributed by atoms with Crippen LogP contribution in [-0.2, 0) is 10.0 Å². The van der Waals surface area contributed by atoms with Crippen molar-refractivity contribution in [2.75, 3.05) is 18.8 Å². The van der Waals surface area contributed by atoms with E-state index >= 15 is 0 Å². The molecule has 2 N–H and O–H groups in total. The molecular formula is C7H13N3O2S. The highest BCUT2D eigenvalue weighted by molar-refractivity contribution is 7.89. The lowest BCUT2D eigenvalue weighted by molar-refractivity contribution is 0.427. The van der Waals surface area contributed by atoms with Gasteiger partial charge in [0.25, 0.3) is 0 Å². The van der Waals surface area contributed by atoms with Crippen LogP contribution in [0.5, 0.6) is 0 Å². The fourth-order valence-corrected chi connectivity index (χ4v) is 2.32. The summed E-state index contributed by atoms with van der Waals surface area (Å²) in [7, 11) is -3.37. The van der Waals surface area contributed by atoms with E-state index in [-0.39, 0.29) is 6.04 Å². The average Bonchev–Trinajstić information content (AvgIpc) is 2.04. The van der Waals surface area contributed by atoms with Crippen molar-refractivity contribution in [3.05, 3.63) is 0 Å². The lowest BCUT2D eigenvalue weighted by Gasteiger charge is -2.22. The van der Waals surface area contributed by atoms with Crippen LogP contribution in [0, 0.1) is 11.3 Å². The van der Waals surface area contributed by atoms with Crippen LogP contribution in [0.25, 0.3) is 0 Å². The van der Waals surface area contributed by atoms with Gasteiger partial charge in [-0.2, -0.15) is 5.26 Å². The Labute approximate surface area is 78.2 Å². The average molecular weight is 203 g/mol. The van der Waals surface area contributed by atoms with Gasteiger partial charge in [-0.1, -0.05) is 0 Å². The molecule has 6 heteroatoms. The van der Waals surface area contributed by atoms with Crippen LogP contribution in [0.1, 0.15) is 12.8 Å². The summed E-state index contributed by atoms with van der Waals surface area (Å²) in [6.45, 7) is 1.67. The summed E-state index contributed by atoms with van der Waals surface area (Å²) in [4.78, 5) is 0. The molecule has 0 bridgehead atoms. The molecule has 5 nitrogen and oxygen atoms in total. The van der Waals surface area contributed by atoms with Crippen LogP contribution in [-0.4, -0.2) is 33.3 Å². The van der Waals surface area contributed by atoms with Crippen LogP contribution < -0.4 is 10.0 Å². The number of sulfonamides is 1. The minimum absolute atomic E-state index is 0.000370. The van der Waals surface area contributed by atoms with Gasteiger partial charge in [0.05, 0.1) is 6.07 Å². The molecular weight excluding hydrogens is 190 g/mol. The Bertz CT molecular complexity index is 287. The van der Waals surface area contributed by atoms with Gasteiger partial charge in [-0.05, 0) is 25.9 Å². The SMILES string of the molecule is N#CCS(=O)(=O)NC1CCNCC1. The summed E-state index contributed by atoms with van der Waals surface area (Å²) in [6, 6.07) is 1.63. The van der Waals surface area contributed by atoms with Crippen molar-refractivity contribution in [3.63, 3.8) is 0 Å². The van der Waals surface area contributed by atoms with Crippen molar-refractivity contribution in [1.82, 2.24) is 10.0 Å². The van der Waals surface area contributed by atoms with E-state index in [4.69, 9.17) is 5.26 Å². The number of piperidine rings is 1. The Morgan fingerprint density at radius 1 is 1.46 bits per heavy atom. The normalized spacial score (nSPS) is 19.6. The Morgan fingerprint density at radius 2 is 2.08 bits per heavy atom. The minimum Gasteiger partial charge on any atom is -0.317 e. The van der Waals surface area contributed by atoms with Gasteiger partial charge in [0.15, 0.2) is 5.75 Å². The summed E-state index contributed by atoms with van der Waals surface area (Å²) in [6.07, 6.45) is 1.59. The summed E-state index contributed by atoms with van der Waals surface area (Å²) < 4.78 is 24.8. The van der Waals surface area contributed by atoms with Gasteiger partial charge in [0.1, 0.15) is 0 Å². The molecule has 0 aromatic carbocycles. The summed E-state index contributed by atoms with van der Waals surface area (Å²) in [5, 5.41) is 11.4. The molecule has 0 unspecified atom stereocenters. The Kier molecular flexibility index (Phi) is 3.66. The van der Waals surface area contributed by atoms with Gasteiger partial charge in [0.2, 0.25) is 10.0 Å². The highest BCUT2D eigenvalue weighted by atomic mass is 32.2. The molecule has 1 rings (SSSR count). The first-order valence-electron chi connectivity index (χ1n) is 4.22. The second-order valence-electron chi connectivity index (χ2n) is 3.06. The second-order valence-corrected chi connectivity index (χ2v) is 4.81. The molecule has 0 aromatic rings. The highest BCUT2D eigenvalue weighted by Gasteiger charge is 2.19. The fourth-order valence-electron chi connectivity index (χ4n) is 1.32. The number of hydrogen-bond donors (Lipinski definition) is 2. The maximum atomic E-state index is 11.1. The van der Waals surface area contributed by atoms with Gasteiger partial charge in [-0.25, -0.2) is 13.1 Å². The van der Waals surface area contributed by atoms with E-state index < -0.39 is 15.8 Å². The van der Waals surface area contributed by atoms with Crippen molar-refractivity contribution < 1.29 is 8.42 Å². The molecule has 1 fully saturated rings. The van der Waals surface area contributed by atoms with E-state index in [0.717, 1.165) is 25.9 Å². The standard InChI is InChI=1S/C7H13N3O2S/c8-3-6-13(11,12)10-7-1-4-9-5-2-7/h7,9-10H,1-2,4-6H2. The molecule has 1 aliphatic heterocycles. The van der Waals surface area contributed by atoms with Crippen molar-refractivity contribution in [1.29, 1.82) is 5.26 Å². The van der Waals surface area contributed by atoms with Crippen LogP contribution in [0.2, 0.25) is 0 Å². The Hall–Kier alpha value is -0.640. The fraction of sp³-hybridized carbons (Fsp3) is 0.857. The smallest absolute Gasteiger partial charge is 0.225 e. The van der Waals surface area contributed by atoms with Crippen LogP contribution in [0.3, 0.4) is 0 Å². The third-order valence-electron chi connectivity index (χ3n) is 1.94. The first-order valence-corrected chi connectivity index (χ1v) is 5.87. The Balaban J connectivity index is 2.43. The van der Waals surface area contributed by atoms with Crippen LogP contribution in [0.15, 0.2) is 0 Å². The first-order chi connectivity index (χ1) is 6.14. The number of nitrogens with one attached hydrogen (secondary N) is 2. The molecule has 0 amide bonds. The first kappa shape index (κ1) is 10.4. The van der Waals surface area contributed by atoms with Crippen LogP contribution >= 0.6 is 0 Å². The molecule has 1 aliphatic rings. The van der Waals surface area contributed by atoms with Crippen LogP contribution in [0.4, 0.5) is 0 Å². The predicted molar refractivity (Wildman–Crippen MR) is 48.4 cm³/mol. The third-order valence-corrected chi connectivity index (χ3v) is 3.14. The van der Waals surface area contributed by atoms with E-state index in [0.29, 0.717) is 0 Å². The van der Waals surface area contributed by atoms with Gasteiger partial charge < -0.3 is 5.32 Å². The van der Waals surface area contributed by atoms with Gasteiger partial charge >= 0.3 is 0 Å². The quantitative estimate of drug-likeness (QED) is 0.628. The lowest BCUT2D eigenvalue weighted by atomic mass is 10.1. The topological polar surface area (TPSA) is 82.0 Å². The molecule has 1 heterocycles. The molecule has 0 saturated carbocycles. The van der Waals surface area contributed by atoms with Gasteiger partial charge in [0, 0.05) is 6.04 Å². The van der Waals surface area contributed by atoms with Gasteiger partial charge in [-0.3, -0.25) is 0 Å². The molecule has 0 spiro atoms. The second kappa shape index (κ2) is 4.56. The zero-order valence-electron chi connectivity index (χ0n) is 7.28. The Morgan fingerprint density at radius 3 is 2.62 bits per heavy atom. The van der Waals surface area contributed by atoms with E-state index in [2.05, 4.69) is 10.0 Å². The van der Waals surface area contributed by atoms with Crippen molar-refractivity contribution in [2.45, 2.75) is 18.9 Å². The van der Waals surface area contributed by atoms with Gasteiger partial charge in [-0.15, -0.1) is 0 Å². The molecule has 1 saturated heterocycles. The zero-order chi connectivity index (χ0) is 9.73. The number of nitrogens with zero attached hydrogens (tertiary/aromatic N) is 1. The highest BCUT2D eigenvalue weighted by Crippen LogP contribution is 2.03. The van der Waals surface area contributed by atoms with Crippen molar-refractivity contribution in [2.24, 2.45) is 0 Å². The predicted octanol–water partition coefficient (Wildman–Crippen LogP) is -0.819. The van der Waals surface area contributed by atoms with E-state index in [1.54, 1.807) is 6.07 Å². The summed E-state index contributed by atoms with van der Waals surface area (Å²) >= 11 is 0. The number of rotatable bonds is 3. The van der Waals surface area contributed by atoms with E-state index in [9.17, 15) is 8.42 Å². The van der Waals surface area contributed by atoms with Crippen molar-refractivity contribution in [3.8, 4) is 6.07 Å². The maximum absolute atomic E-state index is 11.1. The number of nitriles is 1. The molecule has 0 radical (unpaired) electrons.